The Morgan fingerprint density at radius 3 is 1.77 bits per heavy atom. The minimum absolute atomic E-state index is 0.854. The van der Waals surface area contributed by atoms with E-state index >= 15 is 0 Å². The average molecular weight is 198 g/mol. The predicted octanol–water partition coefficient (Wildman–Crippen LogP) is 4.85. The molecule has 0 saturated heterocycles. The van der Waals surface area contributed by atoms with Gasteiger partial charge in [0.2, 0.25) is 0 Å². The van der Waals surface area contributed by atoms with Gasteiger partial charge in [-0.15, -0.1) is 0 Å². The molecule has 0 aromatic rings. The summed E-state index contributed by atoms with van der Waals surface area (Å²) in [6, 6.07) is 5.78. The van der Waals surface area contributed by atoms with E-state index in [1.54, 1.807) is 0 Å². The first-order chi connectivity index (χ1) is 6.24. The lowest BCUT2D eigenvalue weighted by Crippen LogP contribution is -2.29. The maximum Gasteiger partial charge on any atom is 0.0565 e. The van der Waals surface area contributed by atoms with Gasteiger partial charge in [0.25, 0.3) is 0 Å². The van der Waals surface area contributed by atoms with Crippen molar-refractivity contribution in [1.29, 1.82) is 0 Å². The highest BCUT2D eigenvalue weighted by molar-refractivity contribution is 6.80. The second-order valence-corrected chi connectivity index (χ2v) is 9.55. The average Bonchev–Trinajstić information content (AvgIpc) is 2.20. The van der Waals surface area contributed by atoms with Crippen LogP contribution in [0.2, 0.25) is 24.2 Å². The molecular weight excluding hydrogens is 172 g/mol. The molecular formula is C12H26Si. The second-order valence-electron chi connectivity index (χ2n) is 4.02. The molecule has 0 aromatic carbocycles. The third-order valence-electron chi connectivity index (χ3n) is 3.42. The van der Waals surface area contributed by atoms with Crippen molar-refractivity contribution in [2.24, 2.45) is 0 Å². The number of hydrogen-bond acceptors (Lipinski definition) is 0. The number of hydrogen-bond donors (Lipinski definition) is 0. The molecule has 0 nitrogen and oxygen atoms in total. The lowest BCUT2D eigenvalue weighted by molar-refractivity contribution is 0.956. The maximum atomic E-state index is 2.45. The summed E-state index contributed by atoms with van der Waals surface area (Å²) in [6.07, 6.45) is 7.38. The van der Waals surface area contributed by atoms with Gasteiger partial charge in [-0.05, 0) is 12.5 Å². The number of rotatable bonds is 7. The molecule has 0 spiro atoms. The van der Waals surface area contributed by atoms with Crippen molar-refractivity contribution >= 4 is 8.07 Å². The van der Waals surface area contributed by atoms with Crippen molar-refractivity contribution < 1.29 is 0 Å². The SMILES string of the molecule is CCCC=CC[Si](CC)(CC)CC. The monoisotopic (exact) mass is 198 g/mol. The van der Waals surface area contributed by atoms with Crippen molar-refractivity contribution in [3.05, 3.63) is 12.2 Å². The molecule has 0 bridgehead atoms. The Kier molecular flexibility index (Phi) is 7.34. The van der Waals surface area contributed by atoms with Gasteiger partial charge in [0.15, 0.2) is 0 Å². The van der Waals surface area contributed by atoms with E-state index in [9.17, 15) is 0 Å². The van der Waals surface area contributed by atoms with Crippen LogP contribution in [-0.4, -0.2) is 8.07 Å². The van der Waals surface area contributed by atoms with Gasteiger partial charge in [-0.1, -0.05) is 64.4 Å². The maximum absolute atomic E-state index is 2.45. The van der Waals surface area contributed by atoms with Gasteiger partial charge in [0.1, 0.15) is 0 Å². The molecule has 0 fully saturated rings. The highest BCUT2D eigenvalue weighted by atomic mass is 28.3. The molecule has 0 unspecified atom stereocenters. The minimum atomic E-state index is -0.854. The molecule has 0 aliphatic carbocycles. The molecule has 0 aromatic heterocycles. The summed E-state index contributed by atoms with van der Waals surface area (Å²) in [7, 11) is -0.854. The molecule has 0 N–H and O–H groups in total. The van der Waals surface area contributed by atoms with Crippen molar-refractivity contribution in [2.75, 3.05) is 0 Å². The minimum Gasteiger partial charge on any atom is -0.0912 e. The van der Waals surface area contributed by atoms with Crippen LogP contribution in [0.5, 0.6) is 0 Å². The smallest absolute Gasteiger partial charge is 0.0565 e. The standard InChI is InChI=1S/C12H26Si/c1-5-9-10-11-12-13(6-2,7-3)8-4/h10-11H,5-9,12H2,1-4H3. The fourth-order valence-corrected chi connectivity index (χ4v) is 4.83. The van der Waals surface area contributed by atoms with Crippen molar-refractivity contribution in [3.8, 4) is 0 Å². The van der Waals surface area contributed by atoms with E-state index in [0.29, 0.717) is 0 Å². The van der Waals surface area contributed by atoms with Crippen LogP contribution in [0.15, 0.2) is 12.2 Å². The molecule has 0 rings (SSSR count). The molecule has 0 aliphatic rings. The van der Waals surface area contributed by atoms with Crippen LogP contribution >= 0.6 is 0 Å². The van der Waals surface area contributed by atoms with Crippen LogP contribution in [-0.2, 0) is 0 Å². The third-order valence-corrected chi connectivity index (χ3v) is 9.02. The van der Waals surface area contributed by atoms with E-state index in [4.69, 9.17) is 0 Å². The summed E-state index contributed by atoms with van der Waals surface area (Å²) >= 11 is 0. The van der Waals surface area contributed by atoms with E-state index < -0.39 is 8.07 Å². The quantitative estimate of drug-likeness (QED) is 0.405. The van der Waals surface area contributed by atoms with Gasteiger partial charge >= 0.3 is 0 Å². The molecule has 78 valence electrons. The van der Waals surface area contributed by atoms with Crippen LogP contribution in [0.3, 0.4) is 0 Å². The Labute approximate surface area is 85.4 Å². The molecule has 0 heterocycles. The summed E-state index contributed by atoms with van der Waals surface area (Å²) in [6.45, 7) is 9.39. The zero-order valence-electron chi connectivity index (χ0n) is 9.90. The Morgan fingerprint density at radius 2 is 1.38 bits per heavy atom. The van der Waals surface area contributed by atoms with Crippen molar-refractivity contribution in [2.45, 2.75) is 64.7 Å². The summed E-state index contributed by atoms with van der Waals surface area (Å²) in [5.74, 6) is 0. The van der Waals surface area contributed by atoms with Crippen LogP contribution in [0.25, 0.3) is 0 Å². The fourth-order valence-electron chi connectivity index (χ4n) is 1.80. The Hall–Kier alpha value is -0.0431. The van der Waals surface area contributed by atoms with E-state index in [1.165, 1.54) is 37.0 Å². The van der Waals surface area contributed by atoms with E-state index in [-0.39, 0.29) is 0 Å². The van der Waals surface area contributed by atoms with Gasteiger partial charge in [-0.3, -0.25) is 0 Å². The molecule has 0 amide bonds. The van der Waals surface area contributed by atoms with Crippen molar-refractivity contribution in [3.63, 3.8) is 0 Å². The molecule has 13 heavy (non-hydrogen) atoms. The van der Waals surface area contributed by atoms with Crippen LogP contribution < -0.4 is 0 Å². The summed E-state index contributed by atoms with van der Waals surface area (Å²) < 4.78 is 0. The van der Waals surface area contributed by atoms with Gasteiger partial charge in [-0.2, -0.15) is 0 Å². The molecule has 0 aliphatic heterocycles. The number of allylic oxidation sites excluding steroid dienone is 2. The first kappa shape index (κ1) is 13.0. The van der Waals surface area contributed by atoms with Crippen LogP contribution in [0, 0.1) is 0 Å². The Balaban J connectivity index is 3.94. The molecule has 0 atom stereocenters. The number of unbranched alkanes of at least 4 members (excludes halogenated alkanes) is 1. The summed E-state index contributed by atoms with van der Waals surface area (Å²) in [5, 5.41) is 0. The normalized spacial score (nSPS) is 12.6. The van der Waals surface area contributed by atoms with Gasteiger partial charge in [0.05, 0.1) is 8.07 Å². The second kappa shape index (κ2) is 7.37. The van der Waals surface area contributed by atoms with E-state index in [2.05, 4.69) is 39.8 Å². The molecule has 1 heteroatoms. The first-order valence-electron chi connectivity index (χ1n) is 5.89. The van der Waals surface area contributed by atoms with E-state index in [1.807, 2.05) is 0 Å². The topological polar surface area (TPSA) is 0 Å². The highest BCUT2D eigenvalue weighted by Gasteiger charge is 2.24. The van der Waals surface area contributed by atoms with E-state index in [0.717, 1.165) is 0 Å². The lowest BCUT2D eigenvalue weighted by atomic mass is 10.3. The zero-order valence-corrected chi connectivity index (χ0v) is 10.9. The van der Waals surface area contributed by atoms with Crippen LogP contribution in [0.4, 0.5) is 0 Å². The van der Waals surface area contributed by atoms with Crippen molar-refractivity contribution in [1.82, 2.24) is 0 Å². The summed E-state index contributed by atoms with van der Waals surface area (Å²) in [5.41, 5.74) is 0. The Morgan fingerprint density at radius 1 is 0.846 bits per heavy atom. The lowest BCUT2D eigenvalue weighted by Gasteiger charge is -2.26. The first-order valence-corrected chi connectivity index (χ1v) is 8.72. The van der Waals surface area contributed by atoms with Gasteiger partial charge in [-0.25, -0.2) is 0 Å². The van der Waals surface area contributed by atoms with Gasteiger partial charge in [0, 0.05) is 0 Å². The zero-order chi connectivity index (χ0) is 10.2. The van der Waals surface area contributed by atoms with Gasteiger partial charge < -0.3 is 0 Å². The predicted molar refractivity (Wildman–Crippen MR) is 66.1 cm³/mol. The third kappa shape index (κ3) is 4.66. The van der Waals surface area contributed by atoms with Crippen LogP contribution in [0.1, 0.15) is 40.5 Å². The molecule has 0 saturated carbocycles. The Bertz CT molecular complexity index is 126. The summed E-state index contributed by atoms with van der Waals surface area (Å²) in [4.78, 5) is 0. The highest BCUT2D eigenvalue weighted by Crippen LogP contribution is 2.25. The largest absolute Gasteiger partial charge is 0.0912 e. The molecule has 0 radical (unpaired) electrons. The fraction of sp³-hybridized carbons (Fsp3) is 0.833.